The van der Waals surface area contributed by atoms with Crippen LogP contribution in [0.4, 0.5) is 0 Å². The van der Waals surface area contributed by atoms with E-state index < -0.39 is 0 Å². The zero-order valence-electron chi connectivity index (χ0n) is 14.4. The van der Waals surface area contributed by atoms with E-state index in [4.69, 9.17) is 0 Å². The second kappa shape index (κ2) is 6.48. The van der Waals surface area contributed by atoms with Gasteiger partial charge in [0.25, 0.3) is 5.91 Å². The first-order valence-electron chi connectivity index (χ1n) is 8.81. The summed E-state index contributed by atoms with van der Waals surface area (Å²) in [4.78, 5) is 15.3. The van der Waals surface area contributed by atoms with Crippen LogP contribution in [0.15, 0.2) is 30.9 Å². The van der Waals surface area contributed by atoms with Gasteiger partial charge in [-0.15, -0.1) is 6.58 Å². The fourth-order valence-electron chi connectivity index (χ4n) is 4.11. The number of carbonyl (C=O) groups excluding carboxylic acids is 1. The summed E-state index contributed by atoms with van der Waals surface area (Å²) in [7, 11) is 2.11. The van der Waals surface area contributed by atoms with Gasteiger partial charge >= 0.3 is 0 Å². The van der Waals surface area contributed by atoms with E-state index in [0.29, 0.717) is 5.92 Å². The average molecular weight is 312 g/mol. The molecule has 2 aliphatic rings. The number of fused-ring (bicyclic) bond motifs is 1. The van der Waals surface area contributed by atoms with E-state index in [1.807, 2.05) is 18.2 Å². The van der Waals surface area contributed by atoms with Crippen LogP contribution >= 0.6 is 0 Å². The van der Waals surface area contributed by atoms with Crippen LogP contribution in [-0.2, 0) is 12.8 Å². The van der Waals surface area contributed by atoms with Crippen molar-refractivity contribution in [1.82, 2.24) is 10.2 Å². The van der Waals surface area contributed by atoms with Gasteiger partial charge in [0, 0.05) is 12.1 Å². The molecule has 1 N–H and O–H groups in total. The molecule has 1 aliphatic carbocycles. The number of hydrogen-bond acceptors (Lipinski definition) is 2. The van der Waals surface area contributed by atoms with Gasteiger partial charge in [-0.3, -0.25) is 4.79 Å². The standard InChI is InChI=1S/C20H28N2O/c1-4-20(14-22(3)13-12-15(20)2)21-19(23)18-11-7-9-16-8-5-6-10-17(16)18/h4,7,9,11,15H,1,5-6,8,10,12-14H2,2-3H3,(H,21,23)/t15?,20-/m1/s1. The number of amides is 1. The van der Waals surface area contributed by atoms with Crippen LogP contribution in [0.25, 0.3) is 0 Å². The molecule has 0 radical (unpaired) electrons. The number of aryl methyl sites for hydroxylation is 1. The third-order valence-corrected chi connectivity index (χ3v) is 5.71. The molecule has 1 heterocycles. The summed E-state index contributed by atoms with van der Waals surface area (Å²) in [6, 6.07) is 6.18. The number of likely N-dealkylation sites (tertiary alicyclic amines) is 1. The summed E-state index contributed by atoms with van der Waals surface area (Å²) in [5, 5.41) is 3.33. The molecule has 3 nitrogen and oxygen atoms in total. The lowest BCUT2D eigenvalue weighted by atomic mass is 9.79. The molecule has 0 bridgehead atoms. The summed E-state index contributed by atoms with van der Waals surface area (Å²) < 4.78 is 0. The van der Waals surface area contributed by atoms with Gasteiger partial charge in [-0.1, -0.05) is 25.1 Å². The molecule has 0 saturated carbocycles. The lowest BCUT2D eigenvalue weighted by Crippen LogP contribution is -2.61. The SMILES string of the molecule is C=C[C@@]1(NC(=O)c2cccc3c2CCCC3)CN(C)CCC1C. The molecule has 2 atom stereocenters. The molecule has 1 aromatic carbocycles. The van der Waals surface area contributed by atoms with E-state index in [0.717, 1.165) is 37.9 Å². The van der Waals surface area contributed by atoms with Crippen LogP contribution in [0.5, 0.6) is 0 Å². The van der Waals surface area contributed by atoms with Crippen molar-refractivity contribution in [2.24, 2.45) is 5.92 Å². The molecule has 3 rings (SSSR count). The smallest absolute Gasteiger partial charge is 0.252 e. The van der Waals surface area contributed by atoms with Gasteiger partial charge in [-0.25, -0.2) is 0 Å². The van der Waals surface area contributed by atoms with Crippen molar-refractivity contribution in [3.63, 3.8) is 0 Å². The van der Waals surface area contributed by atoms with E-state index >= 15 is 0 Å². The van der Waals surface area contributed by atoms with Gasteiger partial charge in [0.15, 0.2) is 0 Å². The topological polar surface area (TPSA) is 32.3 Å². The molecular formula is C20H28N2O. The molecule has 1 fully saturated rings. The molecule has 1 saturated heterocycles. The van der Waals surface area contributed by atoms with E-state index in [9.17, 15) is 4.79 Å². The van der Waals surface area contributed by atoms with E-state index in [-0.39, 0.29) is 11.4 Å². The highest BCUT2D eigenvalue weighted by Gasteiger charge is 2.39. The first-order chi connectivity index (χ1) is 11.1. The zero-order chi connectivity index (χ0) is 16.4. The third kappa shape index (κ3) is 3.07. The monoisotopic (exact) mass is 312 g/mol. The summed E-state index contributed by atoms with van der Waals surface area (Å²) in [6.07, 6.45) is 7.56. The average Bonchev–Trinajstić information content (AvgIpc) is 2.57. The Labute approximate surface area is 139 Å². The normalized spacial score (nSPS) is 28.0. The maximum atomic E-state index is 13.0. The molecule has 0 aromatic heterocycles. The van der Waals surface area contributed by atoms with Crippen LogP contribution in [0.3, 0.4) is 0 Å². The number of hydrogen-bond donors (Lipinski definition) is 1. The highest BCUT2D eigenvalue weighted by Crippen LogP contribution is 2.30. The number of likely N-dealkylation sites (N-methyl/N-ethyl adjacent to an activating group) is 1. The summed E-state index contributed by atoms with van der Waals surface area (Å²) in [5.41, 5.74) is 3.14. The molecule has 124 valence electrons. The fourth-order valence-corrected chi connectivity index (χ4v) is 4.11. The lowest BCUT2D eigenvalue weighted by Gasteiger charge is -2.45. The van der Waals surface area contributed by atoms with Crippen molar-refractivity contribution in [1.29, 1.82) is 0 Å². The van der Waals surface area contributed by atoms with Crippen molar-refractivity contribution in [2.45, 2.75) is 44.6 Å². The summed E-state index contributed by atoms with van der Waals surface area (Å²) in [5.74, 6) is 0.463. The van der Waals surface area contributed by atoms with Crippen molar-refractivity contribution in [3.8, 4) is 0 Å². The molecule has 0 spiro atoms. The Kier molecular flexibility index (Phi) is 4.58. The van der Waals surface area contributed by atoms with E-state index in [1.165, 1.54) is 24.0 Å². The Morgan fingerprint density at radius 3 is 2.96 bits per heavy atom. The number of rotatable bonds is 3. The van der Waals surface area contributed by atoms with Gasteiger partial charge in [0.1, 0.15) is 0 Å². The Bertz CT molecular complexity index is 610. The van der Waals surface area contributed by atoms with Gasteiger partial charge in [0.05, 0.1) is 5.54 Å². The number of carbonyl (C=O) groups is 1. The predicted molar refractivity (Wildman–Crippen MR) is 94.8 cm³/mol. The highest BCUT2D eigenvalue weighted by molar-refractivity contribution is 5.96. The minimum atomic E-state index is -0.332. The molecule has 3 heteroatoms. The zero-order valence-corrected chi connectivity index (χ0v) is 14.4. The summed E-state index contributed by atoms with van der Waals surface area (Å²) >= 11 is 0. The molecule has 23 heavy (non-hydrogen) atoms. The molecule has 1 aliphatic heterocycles. The predicted octanol–water partition coefficient (Wildman–Crippen LogP) is 3.19. The van der Waals surface area contributed by atoms with Crippen LogP contribution in [0.1, 0.15) is 47.7 Å². The van der Waals surface area contributed by atoms with Crippen LogP contribution in [-0.4, -0.2) is 36.5 Å². The maximum Gasteiger partial charge on any atom is 0.252 e. The van der Waals surface area contributed by atoms with E-state index in [1.54, 1.807) is 0 Å². The minimum absolute atomic E-state index is 0.0609. The first kappa shape index (κ1) is 16.3. The Balaban J connectivity index is 1.87. The Hall–Kier alpha value is -1.61. The second-order valence-corrected chi connectivity index (χ2v) is 7.28. The third-order valence-electron chi connectivity index (χ3n) is 5.71. The largest absolute Gasteiger partial charge is 0.342 e. The van der Waals surface area contributed by atoms with Crippen LogP contribution < -0.4 is 5.32 Å². The van der Waals surface area contributed by atoms with Crippen LogP contribution in [0, 0.1) is 5.92 Å². The van der Waals surface area contributed by atoms with Gasteiger partial charge in [-0.05, 0) is 68.8 Å². The Morgan fingerprint density at radius 1 is 1.39 bits per heavy atom. The van der Waals surface area contributed by atoms with Crippen molar-refractivity contribution in [2.75, 3.05) is 20.1 Å². The van der Waals surface area contributed by atoms with Crippen LogP contribution in [0.2, 0.25) is 0 Å². The second-order valence-electron chi connectivity index (χ2n) is 7.28. The lowest BCUT2D eigenvalue weighted by molar-refractivity contribution is 0.0784. The van der Waals surface area contributed by atoms with Crippen molar-refractivity contribution < 1.29 is 4.79 Å². The molecule has 1 aromatic rings. The Morgan fingerprint density at radius 2 is 2.17 bits per heavy atom. The first-order valence-corrected chi connectivity index (χ1v) is 8.81. The maximum absolute atomic E-state index is 13.0. The fraction of sp³-hybridized carbons (Fsp3) is 0.550. The number of nitrogens with one attached hydrogen (secondary N) is 1. The highest BCUT2D eigenvalue weighted by atomic mass is 16.1. The molecule has 1 amide bonds. The number of nitrogens with zero attached hydrogens (tertiary/aromatic N) is 1. The minimum Gasteiger partial charge on any atom is -0.342 e. The van der Waals surface area contributed by atoms with Gasteiger partial charge in [-0.2, -0.15) is 0 Å². The van der Waals surface area contributed by atoms with Gasteiger partial charge in [0.2, 0.25) is 0 Å². The summed E-state index contributed by atoms with van der Waals surface area (Å²) in [6.45, 7) is 8.16. The number of piperidine rings is 1. The molecule has 1 unspecified atom stereocenters. The van der Waals surface area contributed by atoms with Crippen molar-refractivity contribution >= 4 is 5.91 Å². The van der Waals surface area contributed by atoms with Crippen molar-refractivity contribution in [3.05, 3.63) is 47.5 Å². The van der Waals surface area contributed by atoms with Gasteiger partial charge < -0.3 is 10.2 Å². The van der Waals surface area contributed by atoms with E-state index in [2.05, 4.69) is 36.8 Å². The molecular weight excluding hydrogens is 284 g/mol. The number of benzene rings is 1. The quantitative estimate of drug-likeness (QED) is 0.869.